The fourth-order valence-electron chi connectivity index (χ4n) is 1.59. The molecule has 0 aliphatic carbocycles. The van der Waals surface area contributed by atoms with Crippen molar-refractivity contribution < 1.29 is 19.1 Å². The Bertz CT molecular complexity index is 600. The molecule has 0 spiro atoms. The minimum Gasteiger partial charge on any atom is -0.369 e. The fraction of sp³-hybridized carbons (Fsp3) is 0.500. The monoisotopic (exact) mass is 306 g/mol. The van der Waals surface area contributed by atoms with Crippen molar-refractivity contribution in [3.63, 3.8) is 0 Å². The summed E-state index contributed by atoms with van der Waals surface area (Å²) in [6, 6.07) is 0. The van der Waals surface area contributed by atoms with Gasteiger partial charge in [-0.3, -0.25) is 25.2 Å². The molecule has 0 saturated heterocycles. The van der Waals surface area contributed by atoms with Crippen LogP contribution in [0.2, 0.25) is 0 Å². The van der Waals surface area contributed by atoms with Crippen molar-refractivity contribution in [1.29, 1.82) is 0 Å². The number of nitrogens with two attached hydrogens (primary N) is 1. The smallest absolute Gasteiger partial charge is 0.350 e. The van der Waals surface area contributed by atoms with Gasteiger partial charge < -0.3 is 20.3 Å². The van der Waals surface area contributed by atoms with Crippen LogP contribution in [0.3, 0.4) is 0 Å². The quantitative estimate of drug-likeness (QED) is 0.366. The van der Waals surface area contributed by atoms with E-state index in [1.165, 1.54) is 5.12 Å². The SMILES string of the molecule is CC(CN1Nc2nc(N)[nH]c(=O)c2N1)OCP(=O)(O)O. The number of H-pyrrole nitrogens is 1. The van der Waals surface area contributed by atoms with Crippen molar-refractivity contribution in [2.24, 2.45) is 0 Å². The average molecular weight is 306 g/mol. The van der Waals surface area contributed by atoms with Crippen LogP contribution >= 0.6 is 7.60 Å². The zero-order chi connectivity index (χ0) is 14.9. The second-order valence-corrected chi connectivity index (χ2v) is 5.87. The van der Waals surface area contributed by atoms with Gasteiger partial charge in [0.15, 0.2) is 11.5 Å². The maximum absolute atomic E-state index is 11.6. The number of hydrogen-bond donors (Lipinski definition) is 6. The van der Waals surface area contributed by atoms with Gasteiger partial charge in [-0.05, 0) is 6.92 Å². The Hall–Kier alpha value is -1.65. The third-order valence-electron chi connectivity index (χ3n) is 2.39. The van der Waals surface area contributed by atoms with Gasteiger partial charge >= 0.3 is 7.60 Å². The number of aromatic nitrogens is 2. The molecule has 0 fully saturated rings. The molecule has 1 aromatic heterocycles. The predicted octanol–water partition coefficient (Wildman–Crippen LogP) is -1.14. The van der Waals surface area contributed by atoms with Crippen LogP contribution in [0, 0.1) is 0 Å². The van der Waals surface area contributed by atoms with Crippen molar-refractivity contribution in [2.45, 2.75) is 13.0 Å². The number of aromatic amines is 1. The van der Waals surface area contributed by atoms with E-state index in [0.717, 1.165) is 0 Å². The highest BCUT2D eigenvalue weighted by molar-refractivity contribution is 7.51. The summed E-state index contributed by atoms with van der Waals surface area (Å²) < 4.78 is 15.7. The van der Waals surface area contributed by atoms with Gasteiger partial charge in [0.05, 0.1) is 12.6 Å². The third-order valence-corrected chi connectivity index (χ3v) is 2.88. The molecule has 1 aliphatic rings. The Morgan fingerprint density at radius 3 is 2.85 bits per heavy atom. The van der Waals surface area contributed by atoms with Gasteiger partial charge in [-0.2, -0.15) is 4.98 Å². The number of hydrazine groups is 2. The highest BCUT2D eigenvalue weighted by Crippen LogP contribution is 2.34. The minimum absolute atomic E-state index is 0.0179. The molecule has 0 saturated carbocycles. The van der Waals surface area contributed by atoms with Gasteiger partial charge in [-0.1, -0.05) is 0 Å². The normalized spacial score (nSPS) is 16.4. The highest BCUT2D eigenvalue weighted by atomic mass is 31.2. The maximum Gasteiger partial charge on any atom is 0.350 e. The summed E-state index contributed by atoms with van der Waals surface area (Å²) in [5.74, 6) is 0.254. The van der Waals surface area contributed by atoms with E-state index < -0.39 is 25.6 Å². The van der Waals surface area contributed by atoms with Crippen LogP contribution in [0.1, 0.15) is 6.92 Å². The lowest BCUT2D eigenvalue weighted by molar-refractivity contribution is 0.0687. The van der Waals surface area contributed by atoms with E-state index in [0.29, 0.717) is 0 Å². The predicted molar refractivity (Wildman–Crippen MR) is 70.7 cm³/mol. The zero-order valence-electron chi connectivity index (χ0n) is 10.5. The number of nitrogen functional groups attached to an aromatic ring is 1. The lowest BCUT2D eigenvalue weighted by atomic mass is 10.4. The molecule has 12 heteroatoms. The molecule has 20 heavy (non-hydrogen) atoms. The molecule has 11 nitrogen and oxygen atoms in total. The fourth-order valence-corrected chi connectivity index (χ4v) is 2.04. The van der Waals surface area contributed by atoms with Crippen molar-refractivity contribution in [1.82, 2.24) is 15.1 Å². The third kappa shape index (κ3) is 3.68. The van der Waals surface area contributed by atoms with Gasteiger partial charge in [0.2, 0.25) is 5.95 Å². The number of anilines is 3. The minimum atomic E-state index is -4.20. The molecule has 1 aromatic rings. The molecular formula is C8H15N6O5P. The van der Waals surface area contributed by atoms with Crippen molar-refractivity contribution in [2.75, 3.05) is 29.5 Å². The summed E-state index contributed by atoms with van der Waals surface area (Å²) >= 11 is 0. The van der Waals surface area contributed by atoms with Crippen LogP contribution in [0.5, 0.6) is 0 Å². The van der Waals surface area contributed by atoms with E-state index in [2.05, 4.69) is 20.8 Å². The number of nitrogens with one attached hydrogen (secondary N) is 3. The van der Waals surface area contributed by atoms with Gasteiger partial charge in [-0.25, -0.2) is 0 Å². The van der Waals surface area contributed by atoms with Crippen molar-refractivity contribution >= 4 is 25.0 Å². The second-order valence-electron chi connectivity index (χ2n) is 4.28. The first-order valence-electron chi connectivity index (χ1n) is 5.61. The molecule has 0 radical (unpaired) electrons. The molecule has 0 bridgehead atoms. The number of rotatable bonds is 5. The Morgan fingerprint density at radius 2 is 2.20 bits per heavy atom. The molecule has 112 valence electrons. The summed E-state index contributed by atoms with van der Waals surface area (Å²) in [5.41, 5.74) is 10.7. The first-order chi connectivity index (χ1) is 9.24. The van der Waals surface area contributed by atoms with Crippen LogP contribution in [-0.4, -0.2) is 43.9 Å². The molecule has 0 aromatic carbocycles. The van der Waals surface area contributed by atoms with E-state index in [1.54, 1.807) is 6.92 Å². The molecule has 1 aliphatic heterocycles. The van der Waals surface area contributed by atoms with Crippen LogP contribution in [0.15, 0.2) is 4.79 Å². The van der Waals surface area contributed by atoms with Gasteiger partial charge in [0.25, 0.3) is 5.56 Å². The van der Waals surface area contributed by atoms with E-state index in [1.807, 2.05) is 0 Å². The van der Waals surface area contributed by atoms with Gasteiger partial charge in [0, 0.05) is 0 Å². The van der Waals surface area contributed by atoms with E-state index in [9.17, 15) is 9.36 Å². The molecule has 1 unspecified atom stereocenters. The van der Waals surface area contributed by atoms with Crippen LogP contribution < -0.4 is 22.1 Å². The highest BCUT2D eigenvalue weighted by Gasteiger charge is 2.25. The summed E-state index contributed by atoms with van der Waals surface area (Å²) in [6.45, 7) is 1.85. The molecule has 7 N–H and O–H groups in total. The topological polar surface area (TPSA) is 166 Å². The summed E-state index contributed by atoms with van der Waals surface area (Å²) in [7, 11) is -4.20. The number of ether oxygens (including phenoxy) is 1. The van der Waals surface area contributed by atoms with Crippen molar-refractivity contribution in [3.05, 3.63) is 10.4 Å². The molecule has 2 rings (SSSR count). The summed E-state index contributed by atoms with van der Waals surface area (Å²) in [6.07, 6.45) is -1.16. The number of nitrogens with zero attached hydrogens (tertiary/aromatic N) is 2. The second kappa shape index (κ2) is 5.38. The van der Waals surface area contributed by atoms with Crippen LogP contribution in [0.4, 0.5) is 17.5 Å². The Labute approximate surface area is 113 Å². The van der Waals surface area contributed by atoms with Crippen molar-refractivity contribution in [3.8, 4) is 0 Å². The Balaban J connectivity index is 1.93. The summed E-state index contributed by atoms with van der Waals surface area (Å²) in [4.78, 5) is 35.2. The lowest BCUT2D eigenvalue weighted by Crippen LogP contribution is -2.37. The molecular weight excluding hydrogens is 291 g/mol. The van der Waals surface area contributed by atoms with Crippen LogP contribution in [-0.2, 0) is 9.30 Å². The Morgan fingerprint density at radius 1 is 1.50 bits per heavy atom. The first kappa shape index (κ1) is 14.8. The lowest BCUT2D eigenvalue weighted by Gasteiger charge is -2.21. The molecule has 1 atom stereocenters. The first-order valence-corrected chi connectivity index (χ1v) is 7.41. The standard InChI is InChI=1S/C8H15N6O5P/c1-4(19-3-20(16,17)18)2-14-12-5-6(13-14)10-8(9)11-7(5)15/h4,12H,2-3H2,1H3,(H2,16,17,18)(H4,9,10,11,13,15). The van der Waals surface area contributed by atoms with E-state index >= 15 is 0 Å². The van der Waals surface area contributed by atoms with E-state index in [4.69, 9.17) is 20.3 Å². The number of hydrogen-bond acceptors (Lipinski definition) is 8. The maximum atomic E-state index is 11.6. The largest absolute Gasteiger partial charge is 0.369 e. The zero-order valence-corrected chi connectivity index (χ0v) is 11.4. The van der Waals surface area contributed by atoms with Gasteiger partial charge in [-0.15, -0.1) is 5.12 Å². The van der Waals surface area contributed by atoms with Gasteiger partial charge in [0.1, 0.15) is 6.35 Å². The van der Waals surface area contributed by atoms with Crippen LogP contribution in [0.25, 0.3) is 0 Å². The van der Waals surface area contributed by atoms with E-state index in [-0.39, 0.29) is 24.0 Å². The Kier molecular flexibility index (Phi) is 3.97. The molecule has 0 amide bonds. The molecule has 2 heterocycles. The summed E-state index contributed by atoms with van der Waals surface area (Å²) in [5, 5.41) is 1.41. The average Bonchev–Trinajstić information content (AvgIpc) is 2.68. The number of fused-ring (bicyclic) bond motifs is 1.